The first-order valence-corrected chi connectivity index (χ1v) is 6.22. The third-order valence-electron chi connectivity index (χ3n) is 1.94. The van der Waals surface area contributed by atoms with Gasteiger partial charge in [-0.15, -0.1) is 0 Å². The van der Waals surface area contributed by atoms with Gasteiger partial charge in [0.25, 0.3) is 0 Å². The van der Waals surface area contributed by atoms with Crippen LogP contribution in [0.1, 0.15) is 5.56 Å². The van der Waals surface area contributed by atoms with Crippen molar-refractivity contribution >= 4 is 9.84 Å². The van der Waals surface area contributed by atoms with Gasteiger partial charge in [-0.1, -0.05) is 0 Å². The Kier molecular flexibility index (Phi) is 3.50. The Balaban J connectivity index is 3.48. The summed E-state index contributed by atoms with van der Waals surface area (Å²) in [5.74, 6) is -0.972. The molecule has 0 atom stereocenters. The van der Waals surface area contributed by atoms with Gasteiger partial charge in [0.2, 0.25) is 0 Å². The van der Waals surface area contributed by atoms with Crippen LogP contribution in [-0.2, 0) is 16.3 Å². The first-order valence-electron chi connectivity index (χ1n) is 4.33. The van der Waals surface area contributed by atoms with Crippen molar-refractivity contribution in [2.24, 2.45) is 0 Å². The third kappa shape index (κ3) is 2.49. The molecule has 0 spiro atoms. The lowest BCUT2D eigenvalue weighted by Crippen LogP contribution is -2.05. The maximum atomic E-state index is 13.5. The Labute approximate surface area is 93.2 Å². The molecule has 0 bridgehead atoms. The Morgan fingerprint density at radius 2 is 2.12 bits per heavy atom. The Morgan fingerprint density at radius 1 is 1.50 bits per heavy atom. The number of sulfone groups is 1. The van der Waals surface area contributed by atoms with Crippen LogP contribution in [0.3, 0.4) is 0 Å². The van der Waals surface area contributed by atoms with Gasteiger partial charge in [0.1, 0.15) is 16.5 Å². The van der Waals surface area contributed by atoms with Gasteiger partial charge >= 0.3 is 0 Å². The first-order chi connectivity index (χ1) is 7.40. The summed E-state index contributed by atoms with van der Waals surface area (Å²) in [5, 5.41) is 8.47. The normalized spacial score (nSPS) is 10.9. The van der Waals surface area contributed by atoms with Crippen LogP contribution in [-0.4, -0.2) is 21.8 Å². The van der Waals surface area contributed by atoms with Gasteiger partial charge in [-0.25, -0.2) is 12.8 Å². The molecule has 0 aliphatic rings. The topological polar surface area (TPSA) is 67.2 Å². The molecular formula is C10H10FNO3S. The summed E-state index contributed by atoms with van der Waals surface area (Å²) < 4.78 is 41.0. The largest absolute Gasteiger partial charge is 0.495 e. The summed E-state index contributed by atoms with van der Waals surface area (Å²) in [7, 11) is -2.44. The van der Waals surface area contributed by atoms with Gasteiger partial charge in [0.05, 0.1) is 19.6 Å². The molecule has 0 amide bonds. The van der Waals surface area contributed by atoms with Crippen molar-refractivity contribution in [3.63, 3.8) is 0 Å². The van der Waals surface area contributed by atoms with Crippen LogP contribution in [0.25, 0.3) is 0 Å². The quantitative estimate of drug-likeness (QED) is 0.802. The number of halogens is 1. The molecule has 0 heterocycles. The average molecular weight is 243 g/mol. The standard InChI is InChI=1S/C10H10FNO3S/c1-15-9-6-7(3-4-12)5-8(11)10(9)16(2,13)14/h5-6H,3H2,1-2H3. The molecule has 0 saturated carbocycles. The molecular weight excluding hydrogens is 233 g/mol. The van der Waals surface area contributed by atoms with E-state index in [1.54, 1.807) is 0 Å². The summed E-state index contributed by atoms with van der Waals surface area (Å²) in [6.45, 7) is 0. The lowest BCUT2D eigenvalue weighted by atomic mass is 10.1. The maximum absolute atomic E-state index is 13.5. The van der Waals surface area contributed by atoms with Crippen LogP contribution in [0.15, 0.2) is 17.0 Å². The van der Waals surface area contributed by atoms with E-state index in [1.165, 1.54) is 13.2 Å². The molecule has 1 rings (SSSR count). The number of hydrogen-bond acceptors (Lipinski definition) is 4. The number of rotatable bonds is 3. The van der Waals surface area contributed by atoms with Gasteiger partial charge in [-0.2, -0.15) is 5.26 Å². The second kappa shape index (κ2) is 4.49. The zero-order valence-corrected chi connectivity index (χ0v) is 9.64. The number of nitrogens with zero attached hydrogens (tertiary/aromatic N) is 1. The molecule has 0 aliphatic heterocycles. The minimum atomic E-state index is -3.69. The van der Waals surface area contributed by atoms with E-state index in [4.69, 9.17) is 10.00 Å². The second-order valence-corrected chi connectivity index (χ2v) is 5.17. The van der Waals surface area contributed by atoms with E-state index in [0.717, 1.165) is 12.3 Å². The average Bonchev–Trinajstić information content (AvgIpc) is 2.15. The Morgan fingerprint density at radius 3 is 2.56 bits per heavy atom. The molecule has 0 N–H and O–H groups in total. The highest BCUT2D eigenvalue weighted by Gasteiger charge is 2.20. The van der Waals surface area contributed by atoms with Crippen molar-refractivity contribution in [3.05, 3.63) is 23.5 Å². The highest BCUT2D eigenvalue weighted by Crippen LogP contribution is 2.28. The molecule has 4 nitrogen and oxygen atoms in total. The summed E-state index contributed by atoms with van der Waals surface area (Å²) in [6, 6.07) is 4.23. The third-order valence-corrected chi connectivity index (χ3v) is 3.08. The molecule has 1 aromatic carbocycles. The fourth-order valence-electron chi connectivity index (χ4n) is 1.33. The summed E-state index contributed by atoms with van der Waals surface area (Å²) in [4.78, 5) is -0.475. The van der Waals surface area contributed by atoms with E-state index in [9.17, 15) is 12.8 Å². The van der Waals surface area contributed by atoms with Gasteiger partial charge in [0, 0.05) is 6.26 Å². The first kappa shape index (κ1) is 12.5. The summed E-state index contributed by atoms with van der Waals surface area (Å²) in [5.41, 5.74) is 0.379. The Hall–Kier alpha value is -1.61. The van der Waals surface area contributed by atoms with Crippen molar-refractivity contribution in [1.29, 1.82) is 5.26 Å². The molecule has 0 radical (unpaired) electrons. The van der Waals surface area contributed by atoms with Crippen LogP contribution in [0, 0.1) is 17.1 Å². The van der Waals surface area contributed by atoms with Crippen molar-refractivity contribution in [3.8, 4) is 11.8 Å². The molecule has 0 unspecified atom stereocenters. The van der Waals surface area contributed by atoms with Crippen LogP contribution >= 0.6 is 0 Å². The van der Waals surface area contributed by atoms with E-state index in [2.05, 4.69) is 0 Å². The van der Waals surface area contributed by atoms with Crippen LogP contribution < -0.4 is 4.74 Å². The van der Waals surface area contributed by atoms with Crippen LogP contribution in [0.2, 0.25) is 0 Å². The number of nitriles is 1. The lowest BCUT2D eigenvalue weighted by Gasteiger charge is -2.09. The van der Waals surface area contributed by atoms with E-state index >= 15 is 0 Å². The van der Waals surface area contributed by atoms with E-state index < -0.39 is 20.5 Å². The van der Waals surface area contributed by atoms with Crippen LogP contribution in [0.4, 0.5) is 4.39 Å². The van der Waals surface area contributed by atoms with Crippen molar-refractivity contribution in [2.75, 3.05) is 13.4 Å². The molecule has 0 aromatic heterocycles. The SMILES string of the molecule is COc1cc(CC#N)cc(F)c1S(C)(=O)=O. The minimum absolute atomic E-state index is 0.00266. The zero-order valence-electron chi connectivity index (χ0n) is 8.82. The minimum Gasteiger partial charge on any atom is -0.495 e. The van der Waals surface area contributed by atoms with Crippen molar-refractivity contribution < 1.29 is 17.5 Å². The fourth-order valence-corrected chi connectivity index (χ4v) is 2.25. The highest BCUT2D eigenvalue weighted by atomic mass is 32.2. The molecule has 86 valence electrons. The number of hydrogen-bond donors (Lipinski definition) is 0. The monoisotopic (exact) mass is 243 g/mol. The lowest BCUT2D eigenvalue weighted by molar-refractivity contribution is 0.394. The molecule has 0 fully saturated rings. The van der Waals surface area contributed by atoms with Crippen LogP contribution in [0.5, 0.6) is 5.75 Å². The molecule has 16 heavy (non-hydrogen) atoms. The molecule has 0 aliphatic carbocycles. The smallest absolute Gasteiger partial charge is 0.182 e. The molecule has 0 saturated heterocycles. The maximum Gasteiger partial charge on any atom is 0.182 e. The number of benzene rings is 1. The number of ether oxygens (including phenoxy) is 1. The van der Waals surface area contributed by atoms with Gasteiger partial charge in [-0.05, 0) is 17.7 Å². The fraction of sp³-hybridized carbons (Fsp3) is 0.300. The predicted octanol–water partition coefficient (Wildman–Crippen LogP) is 1.30. The highest BCUT2D eigenvalue weighted by molar-refractivity contribution is 7.90. The van der Waals surface area contributed by atoms with Crippen molar-refractivity contribution in [2.45, 2.75) is 11.3 Å². The van der Waals surface area contributed by atoms with E-state index in [1.807, 2.05) is 6.07 Å². The van der Waals surface area contributed by atoms with Gasteiger partial charge in [0.15, 0.2) is 9.84 Å². The zero-order chi connectivity index (χ0) is 12.3. The molecule has 6 heteroatoms. The predicted molar refractivity (Wildman–Crippen MR) is 55.4 cm³/mol. The van der Waals surface area contributed by atoms with E-state index in [0.29, 0.717) is 5.56 Å². The Bertz CT molecular complexity index is 546. The van der Waals surface area contributed by atoms with Crippen molar-refractivity contribution in [1.82, 2.24) is 0 Å². The summed E-state index contributed by atoms with van der Waals surface area (Å²) in [6.07, 6.45) is 0.898. The summed E-state index contributed by atoms with van der Waals surface area (Å²) >= 11 is 0. The van der Waals surface area contributed by atoms with Gasteiger partial charge < -0.3 is 4.74 Å². The number of methoxy groups -OCH3 is 1. The van der Waals surface area contributed by atoms with Gasteiger partial charge in [-0.3, -0.25) is 0 Å². The van der Waals surface area contributed by atoms with E-state index in [-0.39, 0.29) is 12.2 Å². The second-order valence-electron chi connectivity index (χ2n) is 3.22. The molecule has 1 aromatic rings.